The first-order valence-corrected chi connectivity index (χ1v) is 9.19. The maximum absolute atomic E-state index is 5.60. The predicted molar refractivity (Wildman–Crippen MR) is 70.8 cm³/mol. The second-order valence-electron chi connectivity index (χ2n) is 3.01. The molecule has 84 valence electrons. The Bertz CT molecular complexity index is 221. The van der Waals surface area contributed by atoms with Gasteiger partial charge in [-0.15, -0.1) is 0 Å². The Hall–Kier alpha value is 0.430. The van der Waals surface area contributed by atoms with E-state index in [0.717, 1.165) is 6.42 Å². The van der Waals surface area contributed by atoms with Crippen molar-refractivity contribution in [3.05, 3.63) is 0 Å². The minimum atomic E-state index is -1.92. The lowest BCUT2D eigenvalue weighted by Gasteiger charge is -2.18. The molecule has 3 nitrogen and oxygen atoms in total. The third-order valence-electron chi connectivity index (χ3n) is 1.29. The van der Waals surface area contributed by atoms with Crippen molar-refractivity contribution in [2.24, 2.45) is 4.99 Å². The first-order valence-electron chi connectivity index (χ1n) is 4.64. The fourth-order valence-electron chi connectivity index (χ4n) is 0.607. The van der Waals surface area contributed by atoms with E-state index in [1.54, 1.807) is 17.7 Å². The molecule has 0 amide bonds. The number of rotatable bonds is 7. The van der Waals surface area contributed by atoms with Crippen LogP contribution in [-0.4, -0.2) is 25.2 Å². The van der Waals surface area contributed by atoms with Crippen molar-refractivity contribution in [2.45, 2.75) is 33.2 Å². The molecule has 0 rings (SSSR count). The van der Waals surface area contributed by atoms with Crippen molar-refractivity contribution in [2.75, 3.05) is 12.9 Å². The van der Waals surface area contributed by atoms with E-state index in [0.29, 0.717) is 12.6 Å². The quantitative estimate of drug-likeness (QED) is 0.430. The molecule has 1 atom stereocenters. The summed E-state index contributed by atoms with van der Waals surface area (Å²) in [5.74, 6) is 0. The van der Waals surface area contributed by atoms with Gasteiger partial charge in [-0.2, -0.15) is 0 Å². The SMILES string of the molecule is CCCOP(=S)(NC=NC(C)C)SC. The third-order valence-corrected chi connectivity index (χ3v) is 6.78. The van der Waals surface area contributed by atoms with Crippen molar-refractivity contribution in [3.63, 3.8) is 0 Å². The van der Waals surface area contributed by atoms with Crippen LogP contribution in [0, 0.1) is 0 Å². The fourth-order valence-corrected chi connectivity index (χ4v) is 2.89. The summed E-state index contributed by atoms with van der Waals surface area (Å²) < 4.78 is 5.60. The Morgan fingerprint density at radius 1 is 1.64 bits per heavy atom. The molecule has 0 aliphatic carbocycles. The molecule has 6 heteroatoms. The molecule has 0 bridgehead atoms. The highest BCUT2D eigenvalue weighted by molar-refractivity contribution is 8.68. The van der Waals surface area contributed by atoms with E-state index in [1.807, 2.05) is 20.1 Å². The van der Waals surface area contributed by atoms with Gasteiger partial charge >= 0.3 is 0 Å². The average Bonchev–Trinajstić information content (AvgIpc) is 2.14. The summed E-state index contributed by atoms with van der Waals surface area (Å²) in [7, 11) is 0. The summed E-state index contributed by atoms with van der Waals surface area (Å²) in [5.41, 5.74) is -1.92. The van der Waals surface area contributed by atoms with Crippen molar-refractivity contribution in [1.29, 1.82) is 0 Å². The summed E-state index contributed by atoms with van der Waals surface area (Å²) in [4.78, 5) is 4.20. The molecule has 14 heavy (non-hydrogen) atoms. The first kappa shape index (κ1) is 14.4. The molecule has 0 aromatic rings. The van der Waals surface area contributed by atoms with Crippen LogP contribution in [0.2, 0.25) is 0 Å². The lowest BCUT2D eigenvalue weighted by Crippen LogP contribution is -2.09. The highest BCUT2D eigenvalue weighted by Crippen LogP contribution is 2.54. The monoisotopic (exact) mass is 254 g/mol. The van der Waals surface area contributed by atoms with Crippen LogP contribution in [0.3, 0.4) is 0 Å². The summed E-state index contributed by atoms with van der Waals surface area (Å²) in [6.07, 6.45) is 4.63. The van der Waals surface area contributed by atoms with Gasteiger partial charge in [-0.25, -0.2) is 0 Å². The smallest absolute Gasteiger partial charge is 0.210 e. The molecule has 0 aliphatic heterocycles. The largest absolute Gasteiger partial charge is 0.326 e. The molecule has 0 aromatic heterocycles. The summed E-state index contributed by atoms with van der Waals surface area (Å²) >= 11 is 6.94. The van der Waals surface area contributed by atoms with Gasteiger partial charge in [0.1, 0.15) is 0 Å². The Balaban J connectivity index is 4.05. The van der Waals surface area contributed by atoms with Crippen molar-refractivity contribution in [1.82, 2.24) is 5.09 Å². The van der Waals surface area contributed by atoms with Crippen LogP contribution < -0.4 is 5.09 Å². The van der Waals surface area contributed by atoms with E-state index in [2.05, 4.69) is 17.0 Å². The minimum absolute atomic E-state index is 0.291. The van der Waals surface area contributed by atoms with E-state index >= 15 is 0 Å². The van der Waals surface area contributed by atoms with E-state index in [4.69, 9.17) is 16.3 Å². The van der Waals surface area contributed by atoms with Crippen LogP contribution in [0.15, 0.2) is 4.99 Å². The second kappa shape index (κ2) is 7.69. The van der Waals surface area contributed by atoms with Crippen molar-refractivity contribution in [3.8, 4) is 0 Å². The molecule has 0 spiro atoms. The maximum atomic E-state index is 5.60. The molecule has 0 aliphatic rings. The van der Waals surface area contributed by atoms with Crippen LogP contribution in [0.4, 0.5) is 0 Å². The second-order valence-corrected chi connectivity index (χ2v) is 9.76. The summed E-state index contributed by atoms with van der Waals surface area (Å²) in [5, 5.41) is 3.09. The number of nitrogens with one attached hydrogen (secondary N) is 1. The predicted octanol–water partition coefficient (Wildman–Crippen LogP) is 3.03. The van der Waals surface area contributed by atoms with E-state index in [9.17, 15) is 0 Å². The zero-order valence-electron chi connectivity index (χ0n) is 9.19. The molecule has 1 unspecified atom stereocenters. The lowest BCUT2D eigenvalue weighted by molar-refractivity contribution is 0.356. The Kier molecular flexibility index (Phi) is 7.92. The Labute approximate surface area is 96.0 Å². The van der Waals surface area contributed by atoms with Crippen LogP contribution in [0.1, 0.15) is 27.2 Å². The van der Waals surface area contributed by atoms with E-state index in [-0.39, 0.29) is 0 Å². The number of hydrogen-bond acceptors (Lipinski definition) is 4. The Morgan fingerprint density at radius 2 is 2.29 bits per heavy atom. The van der Waals surface area contributed by atoms with E-state index in [1.165, 1.54) is 0 Å². The minimum Gasteiger partial charge on any atom is -0.326 e. The highest BCUT2D eigenvalue weighted by atomic mass is 32.9. The maximum Gasteiger partial charge on any atom is 0.210 e. The van der Waals surface area contributed by atoms with Crippen LogP contribution in [-0.2, 0) is 16.3 Å². The zero-order valence-corrected chi connectivity index (χ0v) is 11.7. The standard InChI is InChI=1S/C8H19N2OPS2/c1-5-6-11-12(13,14-4)10-7-9-8(2)3/h7-8H,5-6H2,1-4H3,(H,9,10,13). The third kappa shape index (κ3) is 6.82. The fraction of sp³-hybridized carbons (Fsp3) is 0.875. The van der Waals surface area contributed by atoms with Crippen LogP contribution in [0.25, 0.3) is 0 Å². The molecular formula is C8H19N2OPS2. The van der Waals surface area contributed by atoms with Crippen LogP contribution >= 0.6 is 17.0 Å². The molecule has 0 radical (unpaired) electrons. The molecule has 0 saturated heterocycles. The molecule has 0 heterocycles. The van der Waals surface area contributed by atoms with Gasteiger partial charge in [-0.05, 0) is 38.3 Å². The van der Waals surface area contributed by atoms with E-state index < -0.39 is 5.62 Å². The van der Waals surface area contributed by atoms with Crippen LogP contribution in [0.5, 0.6) is 0 Å². The lowest BCUT2D eigenvalue weighted by atomic mass is 10.4. The highest BCUT2D eigenvalue weighted by Gasteiger charge is 2.13. The van der Waals surface area contributed by atoms with Crippen molar-refractivity contribution >= 4 is 35.1 Å². The normalized spacial score (nSPS) is 16.1. The van der Waals surface area contributed by atoms with Gasteiger partial charge in [-0.3, -0.25) is 4.99 Å². The van der Waals surface area contributed by atoms with Gasteiger partial charge in [0.05, 0.1) is 12.9 Å². The zero-order chi connectivity index (χ0) is 11.0. The average molecular weight is 254 g/mol. The topological polar surface area (TPSA) is 33.6 Å². The van der Waals surface area contributed by atoms with Gasteiger partial charge in [0.2, 0.25) is 5.62 Å². The van der Waals surface area contributed by atoms with Gasteiger partial charge in [0.25, 0.3) is 0 Å². The molecule has 0 fully saturated rings. The molecular weight excluding hydrogens is 235 g/mol. The van der Waals surface area contributed by atoms with Gasteiger partial charge in [0, 0.05) is 6.04 Å². The number of hydrogen-bond donors (Lipinski definition) is 1. The number of nitrogens with zero attached hydrogens (tertiary/aromatic N) is 1. The summed E-state index contributed by atoms with van der Waals surface area (Å²) in [6, 6.07) is 0.291. The molecule has 1 N–H and O–H groups in total. The first-order chi connectivity index (χ1) is 6.54. The van der Waals surface area contributed by atoms with Gasteiger partial charge in [0.15, 0.2) is 0 Å². The number of aliphatic imine (C=N–C) groups is 1. The van der Waals surface area contributed by atoms with Gasteiger partial charge < -0.3 is 9.61 Å². The van der Waals surface area contributed by atoms with Gasteiger partial charge in [-0.1, -0.05) is 18.3 Å². The summed E-state index contributed by atoms with van der Waals surface area (Å²) in [6.45, 7) is 6.82. The molecule has 0 saturated carbocycles. The Morgan fingerprint density at radius 3 is 2.71 bits per heavy atom. The molecule has 0 aromatic carbocycles. The van der Waals surface area contributed by atoms with Crippen molar-refractivity contribution < 1.29 is 4.52 Å².